The lowest BCUT2D eigenvalue weighted by molar-refractivity contribution is 1.50. The van der Waals surface area contributed by atoms with Gasteiger partial charge in [-0.2, -0.15) is 10.5 Å². The van der Waals surface area contributed by atoms with Gasteiger partial charge in [0.2, 0.25) is 0 Å². The Bertz CT molecular complexity index is 1100. The molecule has 0 unspecified atom stereocenters. The van der Waals surface area contributed by atoms with Crippen LogP contribution in [-0.4, -0.2) is 0 Å². The van der Waals surface area contributed by atoms with Crippen molar-refractivity contribution in [1.29, 1.82) is 10.5 Å². The molecule has 0 atom stereocenters. The molecule has 0 aromatic heterocycles. The molecule has 0 radical (unpaired) electrons. The van der Waals surface area contributed by atoms with Gasteiger partial charge in [0.05, 0.1) is 23.3 Å². The third kappa shape index (κ3) is 4.88. The summed E-state index contributed by atoms with van der Waals surface area (Å²) in [7, 11) is 0. The lowest BCUT2D eigenvalue weighted by Crippen LogP contribution is -1.87. The lowest BCUT2D eigenvalue weighted by Gasteiger charge is -2.06. The Kier molecular flexibility index (Phi) is 7.22. The second-order valence-electron chi connectivity index (χ2n) is 6.19. The van der Waals surface area contributed by atoms with Gasteiger partial charge < -0.3 is 0 Å². The Hall–Kier alpha value is -2.72. The molecule has 0 saturated heterocycles. The number of benzene rings is 3. The van der Waals surface area contributed by atoms with Crippen molar-refractivity contribution in [3.8, 4) is 12.1 Å². The molecule has 2 nitrogen and oxygen atoms in total. The van der Waals surface area contributed by atoms with E-state index in [1.54, 1.807) is 72.8 Å². The molecule has 0 fully saturated rings. The van der Waals surface area contributed by atoms with Crippen molar-refractivity contribution in [3.63, 3.8) is 0 Å². The summed E-state index contributed by atoms with van der Waals surface area (Å²) in [6.07, 6.45) is 3.29. The summed E-state index contributed by atoms with van der Waals surface area (Å²) < 4.78 is 0. The quantitative estimate of drug-likeness (QED) is 0.284. The summed E-state index contributed by atoms with van der Waals surface area (Å²) in [5.74, 6) is 0. The van der Waals surface area contributed by atoms with Crippen molar-refractivity contribution in [3.05, 3.63) is 103 Å². The van der Waals surface area contributed by atoms with E-state index in [0.717, 1.165) is 0 Å². The van der Waals surface area contributed by atoms with Gasteiger partial charge in [0, 0.05) is 31.2 Å². The van der Waals surface area contributed by atoms with E-state index >= 15 is 0 Å². The maximum absolute atomic E-state index is 9.61. The van der Waals surface area contributed by atoms with Crippen LogP contribution in [0.25, 0.3) is 23.3 Å². The highest BCUT2D eigenvalue weighted by molar-refractivity contribution is 6.38. The summed E-state index contributed by atoms with van der Waals surface area (Å²) in [4.78, 5) is 0. The minimum atomic E-state index is 0.396. The van der Waals surface area contributed by atoms with Gasteiger partial charge in [-0.1, -0.05) is 82.8 Å². The second kappa shape index (κ2) is 9.86. The normalized spacial score (nSPS) is 11.7. The molecule has 0 aliphatic heterocycles. The van der Waals surface area contributed by atoms with Crippen molar-refractivity contribution in [2.45, 2.75) is 0 Å². The van der Waals surface area contributed by atoms with Gasteiger partial charge >= 0.3 is 0 Å². The fourth-order valence-corrected chi connectivity index (χ4v) is 3.79. The Morgan fingerprint density at radius 3 is 1.13 bits per heavy atom. The number of hydrogen-bond acceptors (Lipinski definition) is 2. The molecule has 0 saturated carbocycles. The Labute approximate surface area is 194 Å². The molecule has 0 aliphatic rings. The third-order valence-corrected chi connectivity index (χ3v) is 5.64. The van der Waals surface area contributed by atoms with E-state index in [0.29, 0.717) is 53.5 Å². The highest BCUT2D eigenvalue weighted by atomic mass is 35.5. The number of rotatable bonds is 4. The first-order chi connectivity index (χ1) is 14.4. The summed E-state index contributed by atoms with van der Waals surface area (Å²) in [6.45, 7) is 0. The second-order valence-corrected chi connectivity index (χ2v) is 7.82. The molecule has 30 heavy (non-hydrogen) atoms. The lowest BCUT2D eigenvalue weighted by atomic mass is 9.98. The first-order valence-electron chi connectivity index (χ1n) is 8.67. The molecule has 0 amide bonds. The smallest absolute Gasteiger partial charge is 0.0998 e. The summed E-state index contributed by atoms with van der Waals surface area (Å²) in [5.41, 5.74) is 3.29. The fourth-order valence-electron chi connectivity index (χ4n) is 2.78. The Morgan fingerprint density at radius 2 is 0.867 bits per heavy atom. The van der Waals surface area contributed by atoms with Crippen molar-refractivity contribution in [2.75, 3.05) is 0 Å². The van der Waals surface area contributed by atoms with Crippen LogP contribution in [0.5, 0.6) is 0 Å². The van der Waals surface area contributed by atoms with Crippen LogP contribution in [0.4, 0.5) is 0 Å². The SMILES string of the molecule is N#CC(=Cc1c(Cl)cccc1Cl)c1ccc(C(C#N)=Cc2c(Cl)cccc2Cl)cc1. The predicted molar refractivity (Wildman–Crippen MR) is 126 cm³/mol. The summed E-state index contributed by atoms with van der Waals surface area (Å²) in [5, 5.41) is 21.0. The average Bonchev–Trinajstić information content (AvgIpc) is 2.74. The number of nitriles is 2. The molecule has 0 spiro atoms. The van der Waals surface area contributed by atoms with Crippen LogP contribution in [-0.2, 0) is 0 Å². The standard InChI is InChI=1S/C24H12Cl4N2/c25-21-3-1-4-22(26)19(21)11-17(13-29)15-7-9-16(10-8-15)18(14-30)12-20-23(27)5-2-6-24(20)28/h1-12H. The van der Waals surface area contributed by atoms with E-state index in [9.17, 15) is 10.5 Å². The predicted octanol–water partition coefficient (Wildman–Crippen LogP) is 8.43. The van der Waals surface area contributed by atoms with E-state index in [-0.39, 0.29) is 0 Å². The molecule has 146 valence electrons. The van der Waals surface area contributed by atoms with Crippen LogP contribution in [0.3, 0.4) is 0 Å². The van der Waals surface area contributed by atoms with Crippen LogP contribution < -0.4 is 0 Å². The van der Waals surface area contributed by atoms with E-state index in [1.807, 2.05) is 0 Å². The molecule has 3 rings (SSSR count). The fraction of sp³-hybridized carbons (Fsp3) is 0. The van der Waals surface area contributed by atoms with E-state index in [2.05, 4.69) is 12.1 Å². The molecule has 3 aromatic rings. The van der Waals surface area contributed by atoms with Crippen molar-refractivity contribution in [1.82, 2.24) is 0 Å². The molecule has 0 N–H and O–H groups in total. The largest absolute Gasteiger partial charge is 0.192 e. The monoisotopic (exact) mass is 468 g/mol. The highest BCUT2D eigenvalue weighted by Crippen LogP contribution is 2.31. The van der Waals surface area contributed by atoms with Gasteiger partial charge in [0.15, 0.2) is 0 Å². The molecular formula is C24H12Cl4N2. The van der Waals surface area contributed by atoms with Gasteiger partial charge in [-0.05, 0) is 47.5 Å². The molecule has 0 aliphatic carbocycles. The minimum Gasteiger partial charge on any atom is -0.192 e. The molecule has 6 heteroatoms. The maximum atomic E-state index is 9.61. The number of nitrogens with zero attached hydrogens (tertiary/aromatic N) is 2. The zero-order chi connectivity index (χ0) is 21.7. The topological polar surface area (TPSA) is 47.6 Å². The molecule has 0 heterocycles. The van der Waals surface area contributed by atoms with E-state index in [1.165, 1.54) is 0 Å². The van der Waals surface area contributed by atoms with Crippen LogP contribution in [0.1, 0.15) is 22.3 Å². The molecule has 0 bridgehead atoms. The molecular weight excluding hydrogens is 458 g/mol. The van der Waals surface area contributed by atoms with Crippen LogP contribution in [0.15, 0.2) is 60.7 Å². The minimum absolute atomic E-state index is 0.396. The van der Waals surface area contributed by atoms with Crippen molar-refractivity contribution < 1.29 is 0 Å². The van der Waals surface area contributed by atoms with Crippen molar-refractivity contribution >= 4 is 69.7 Å². The Balaban J connectivity index is 1.99. The van der Waals surface area contributed by atoms with E-state index in [4.69, 9.17) is 46.4 Å². The maximum Gasteiger partial charge on any atom is 0.0998 e. The highest BCUT2D eigenvalue weighted by Gasteiger charge is 2.10. The number of allylic oxidation sites excluding steroid dienone is 2. The van der Waals surface area contributed by atoms with Gasteiger partial charge in [0.25, 0.3) is 0 Å². The van der Waals surface area contributed by atoms with E-state index < -0.39 is 0 Å². The number of hydrogen-bond donors (Lipinski definition) is 0. The van der Waals surface area contributed by atoms with Gasteiger partial charge in [0.1, 0.15) is 0 Å². The van der Waals surface area contributed by atoms with Gasteiger partial charge in [-0.25, -0.2) is 0 Å². The Morgan fingerprint density at radius 1 is 0.567 bits per heavy atom. The van der Waals surface area contributed by atoms with Gasteiger partial charge in [-0.15, -0.1) is 0 Å². The first kappa shape index (κ1) is 22.0. The zero-order valence-corrected chi connectivity index (χ0v) is 18.4. The summed E-state index contributed by atoms with van der Waals surface area (Å²) in [6, 6.07) is 21.7. The van der Waals surface area contributed by atoms with Gasteiger partial charge in [-0.3, -0.25) is 0 Å². The van der Waals surface area contributed by atoms with Crippen LogP contribution >= 0.6 is 46.4 Å². The van der Waals surface area contributed by atoms with Crippen LogP contribution in [0.2, 0.25) is 20.1 Å². The van der Waals surface area contributed by atoms with Crippen molar-refractivity contribution in [2.24, 2.45) is 0 Å². The number of halogens is 4. The third-order valence-electron chi connectivity index (χ3n) is 4.32. The summed E-state index contributed by atoms with van der Waals surface area (Å²) >= 11 is 24.8. The average molecular weight is 470 g/mol. The van der Waals surface area contributed by atoms with Crippen LogP contribution in [0, 0.1) is 22.7 Å². The molecule has 3 aromatic carbocycles. The first-order valence-corrected chi connectivity index (χ1v) is 10.2. The zero-order valence-electron chi connectivity index (χ0n) is 15.3.